The summed E-state index contributed by atoms with van der Waals surface area (Å²) in [6.45, 7) is 63.8. The molecule has 0 spiro atoms. The van der Waals surface area contributed by atoms with Crippen LogP contribution in [0.15, 0.2) is 27.4 Å². The van der Waals surface area contributed by atoms with E-state index in [0.717, 1.165) is 10.3 Å². The van der Waals surface area contributed by atoms with Gasteiger partial charge < -0.3 is 0 Å². The first-order chi connectivity index (χ1) is 21.0. The summed E-state index contributed by atoms with van der Waals surface area (Å²) in [7, 11) is -11.5. The molecule has 2 aromatic rings. The number of hydrogen-bond acceptors (Lipinski definition) is 1. The van der Waals surface area contributed by atoms with E-state index in [1.807, 2.05) is 11.1 Å². The van der Waals surface area contributed by atoms with Gasteiger partial charge in [-0.2, -0.15) is 0 Å². The number of rotatable bonds is 12. The van der Waals surface area contributed by atoms with E-state index in [9.17, 15) is 0 Å². The van der Waals surface area contributed by atoms with Crippen molar-refractivity contribution in [1.29, 1.82) is 0 Å². The molecule has 0 heterocycles. The quantitative estimate of drug-likeness (QED) is 0.188. The summed E-state index contributed by atoms with van der Waals surface area (Å²) in [5.41, 5.74) is 10.8. The van der Waals surface area contributed by atoms with Crippen molar-refractivity contribution in [2.75, 3.05) is 0 Å². The van der Waals surface area contributed by atoms with E-state index in [4.69, 9.17) is 3.09 Å². The number of benzene rings is 2. The van der Waals surface area contributed by atoms with Gasteiger partial charge in [-0.05, 0) is 0 Å². The van der Waals surface area contributed by atoms with Crippen LogP contribution in [0.1, 0.15) is 43.7 Å². The number of hydrogen-bond donors (Lipinski definition) is 0. The summed E-state index contributed by atoms with van der Waals surface area (Å²) >= 11 is -1.10. The Labute approximate surface area is 318 Å². The molecule has 2 aromatic carbocycles. The molecule has 0 saturated carbocycles. The molecule has 1 nitrogen and oxygen atoms in total. The Morgan fingerprint density at radius 1 is 0.479 bits per heavy atom. The van der Waals surface area contributed by atoms with Crippen LogP contribution in [-0.4, -0.2) is 78.0 Å². The van der Waals surface area contributed by atoms with Crippen LogP contribution in [0.4, 0.5) is 5.69 Å². The molecule has 0 bridgehead atoms. The van der Waals surface area contributed by atoms with Gasteiger partial charge in [0.2, 0.25) is 0 Å². The van der Waals surface area contributed by atoms with Gasteiger partial charge >= 0.3 is 321 Å². The molecule has 0 fully saturated rings. The first kappa shape index (κ1) is 44.7. The second-order valence-electron chi connectivity index (χ2n) is 22.8. The molecule has 0 unspecified atom stereocenters. The number of nitrogens with zero attached hydrogens (tertiary/aromatic N) is 1. The average molecular weight is 879 g/mol. The second kappa shape index (κ2) is 14.4. The summed E-state index contributed by atoms with van der Waals surface area (Å²) in [5, 5.41) is 1.44. The van der Waals surface area contributed by atoms with E-state index in [1.165, 1.54) is 22.4 Å². The fourth-order valence-electron chi connectivity index (χ4n) is 12.0. The zero-order valence-corrected chi connectivity index (χ0v) is 45.9. The van der Waals surface area contributed by atoms with Crippen LogP contribution >= 0.6 is 0 Å². The standard InChI is InChI=1S/C30H67Si7.C9H11N.Sb/c1-31(2,3)28(32(4,5)6)25-22-26(29(33(7,8)9)34(10,11)12)24-27(23-25)30(35(13,14)15,36(16,17)18)37(19,20)21;1-6-4-7(2)9(10)8(3)5-6;/h23-24,28-29H,1-21H3;4-5H,1-3H3;. The normalized spacial score (nSPS) is 15.0. The van der Waals surface area contributed by atoms with Crippen molar-refractivity contribution in [2.24, 2.45) is 3.09 Å². The van der Waals surface area contributed by atoms with Gasteiger partial charge in [-0.1, -0.05) is 0 Å². The molecule has 48 heavy (non-hydrogen) atoms. The van der Waals surface area contributed by atoms with Crippen LogP contribution in [0.25, 0.3) is 0 Å². The van der Waals surface area contributed by atoms with Crippen molar-refractivity contribution in [3.63, 3.8) is 0 Å². The third-order valence-electron chi connectivity index (χ3n) is 10.9. The van der Waals surface area contributed by atoms with E-state index in [1.54, 1.807) is 9.07 Å². The van der Waals surface area contributed by atoms with Crippen molar-refractivity contribution in [1.82, 2.24) is 0 Å². The summed E-state index contributed by atoms with van der Waals surface area (Å²) in [6.07, 6.45) is 0. The summed E-state index contributed by atoms with van der Waals surface area (Å²) < 4.78 is 7.96. The monoisotopic (exact) mass is 877 g/mol. The topological polar surface area (TPSA) is 12.4 Å². The summed E-state index contributed by atoms with van der Waals surface area (Å²) in [4.78, 5) is 0. The SMILES string of the molecule is Cc1cc(C)c([N]=[Sb][c]2c(C([Si](C)(C)C)[Si](C)(C)C)cc(C([Si](C)(C)C)([Si](C)(C)C)[Si](C)(C)C)cc2C([Si](C)(C)C)[Si](C)(C)C)c(C)c1. The van der Waals surface area contributed by atoms with E-state index < -0.39 is 78.0 Å². The van der Waals surface area contributed by atoms with Gasteiger partial charge in [-0.15, -0.1) is 0 Å². The zero-order valence-electron chi connectivity index (χ0n) is 36.4. The van der Waals surface area contributed by atoms with E-state index >= 15 is 0 Å². The Morgan fingerprint density at radius 3 is 1.02 bits per heavy atom. The molecule has 272 valence electrons. The molecular formula is C39H78NSbSi7. The zero-order chi connectivity index (χ0) is 38.0. The van der Waals surface area contributed by atoms with Gasteiger partial charge in [0.25, 0.3) is 0 Å². The average Bonchev–Trinajstić information content (AvgIpc) is 2.73. The molecule has 0 radical (unpaired) electrons. The Bertz CT molecular complexity index is 1360. The van der Waals surface area contributed by atoms with Gasteiger partial charge in [0.1, 0.15) is 0 Å². The molecule has 0 aromatic heterocycles. The molecule has 0 atom stereocenters. The van der Waals surface area contributed by atoms with Crippen LogP contribution in [0.5, 0.6) is 0 Å². The van der Waals surface area contributed by atoms with Crippen molar-refractivity contribution < 1.29 is 0 Å². The molecule has 9 heteroatoms. The van der Waals surface area contributed by atoms with E-state index in [0.29, 0.717) is 4.28 Å². The maximum absolute atomic E-state index is 5.81. The molecule has 2 rings (SSSR count). The first-order valence-electron chi connectivity index (χ1n) is 18.7. The van der Waals surface area contributed by atoms with Crippen LogP contribution in [-0.2, 0) is 4.28 Å². The van der Waals surface area contributed by atoms with E-state index in [-0.39, 0.29) is 0 Å². The van der Waals surface area contributed by atoms with Crippen molar-refractivity contribution in [3.05, 3.63) is 57.6 Å². The Balaban J connectivity index is 3.56. The third-order valence-corrected chi connectivity index (χ3v) is 53.5. The first-order valence-corrected chi connectivity index (χ1v) is 45.9. The summed E-state index contributed by atoms with van der Waals surface area (Å²) in [5.74, 6) is 0. The minimum atomic E-state index is -1.70. The van der Waals surface area contributed by atoms with Crippen molar-refractivity contribution in [2.45, 2.75) is 173 Å². The van der Waals surface area contributed by atoms with Crippen LogP contribution in [0, 0.1) is 20.8 Å². The molecule has 0 saturated heterocycles. The molecule has 0 aliphatic rings. The maximum atomic E-state index is 5.81. The van der Waals surface area contributed by atoms with Crippen LogP contribution < -0.4 is 3.51 Å². The van der Waals surface area contributed by atoms with Gasteiger partial charge in [0, 0.05) is 0 Å². The van der Waals surface area contributed by atoms with Gasteiger partial charge in [-0.25, -0.2) is 0 Å². The van der Waals surface area contributed by atoms with Crippen molar-refractivity contribution in [3.8, 4) is 0 Å². The van der Waals surface area contributed by atoms with Crippen LogP contribution in [0.3, 0.4) is 0 Å². The van der Waals surface area contributed by atoms with Gasteiger partial charge in [0.05, 0.1) is 0 Å². The van der Waals surface area contributed by atoms with Crippen molar-refractivity contribution >= 4 is 87.2 Å². The summed E-state index contributed by atoms with van der Waals surface area (Å²) in [6, 6.07) is 10.6. The number of aryl methyl sites for hydroxylation is 3. The fraction of sp³-hybridized carbons (Fsp3) is 0.692. The third kappa shape index (κ3) is 9.19. The predicted molar refractivity (Wildman–Crippen MR) is 245 cm³/mol. The van der Waals surface area contributed by atoms with Gasteiger partial charge in [0.15, 0.2) is 0 Å². The molecule has 0 amide bonds. The molecule has 0 aliphatic carbocycles. The Hall–Kier alpha value is 0.576. The minimum absolute atomic E-state index is 0.367. The molecule has 0 aliphatic heterocycles. The second-order valence-corrected chi connectivity index (χ2v) is 64.8. The fourth-order valence-corrected chi connectivity index (χ4v) is 72.2. The molecule has 0 N–H and O–H groups in total. The Morgan fingerprint density at radius 2 is 0.771 bits per heavy atom. The predicted octanol–water partition coefficient (Wildman–Crippen LogP) is 13.0. The van der Waals surface area contributed by atoms with Crippen LogP contribution in [0.2, 0.25) is 137 Å². The Kier molecular flexibility index (Phi) is 13.4. The van der Waals surface area contributed by atoms with Gasteiger partial charge in [-0.3, -0.25) is 0 Å². The van der Waals surface area contributed by atoms with E-state index in [2.05, 4.69) is 183 Å². The molecular weight excluding hydrogens is 801 g/mol.